The van der Waals surface area contributed by atoms with E-state index in [-0.39, 0.29) is 5.82 Å². The van der Waals surface area contributed by atoms with E-state index in [2.05, 4.69) is 36.5 Å². The van der Waals surface area contributed by atoms with Crippen LogP contribution in [-0.2, 0) is 6.42 Å². The Morgan fingerprint density at radius 2 is 1.85 bits per heavy atom. The van der Waals surface area contributed by atoms with Gasteiger partial charge in [-0.2, -0.15) is 0 Å². The predicted octanol–water partition coefficient (Wildman–Crippen LogP) is 4.33. The first-order valence-electron chi connectivity index (χ1n) is 6.75. The van der Waals surface area contributed by atoms with Crippen LogP contribution in [0.1, 0.15) is 22.6 Å². The van der Waals surface area contributed by atoms with Gasteiger partial charge in [-0.15, -0.1) is 0 Å². The Morgan fingerprint density at radius 3 is 2.45 bits per heavy atom. The van der Waals surface area contributed by atoms with Gasteiger partial charge in [0.15, 0.2) is 0 Å². The van der Waals surface area contributed by atoms with Crippen LogP contribution in [-0.4, -0.2) is 13.6 Å². The monoisotopic (exact) mass is 291 g/mol. The van der Waals surface area contributed by atoms with Gasteiger partial charge in [0, 0.05) is 17.5 Å². The van der Waals surface area contributed by atoms with E-state index in [4.69, 9.17) is 11.6 Å². The number of rotatable bonds is 5. The van der Waals surface area contributed by atoms with Crippen molar-refractivity contribution in [2.45, 2.75) is 19.3 Å². The Morgan fingerprint density at radius 1 is 1.15 bits per heavy atom. The minimum Gasteiger partial charge on any atom is -0.319 e. The van der Waals surface area contributed by atoms with Gasteiger partial charge in [-0.1, -0.05) is 47.5 Å². The number of aryl methyl sites for hydroxylation is 1. The van der Waals surface area contributed by atoms with Gasteiger partial charge in [0.25, 0.3) is 0 Å². The standard InChI is InChI=1S/C17H19ClFN/c1-12-3-5-13(6-4-12)15(11-20-2)9-14-7-8-16(19)10-17(14)18/h3-8,10,15,20H,9,11H2,1-2H3. The number of halogens is 2. The first-order valence-corrected chi connectivity index (χ1v) is 7.13. The summed E-state index contributed by atoms with van der Waals surface area (Å²) >= 11 is 6.13. The van der Waals surface area contributed by atoms with E-state index in [0.717, 1.165) is 18.5 Å². The first-order chi connectivity index (χ1) is 9.60. The fourth-order valence-corrected chi connectivity index (χ4v) is 2.59. The largest absolute Gasteiger partial charge is 0.319 e. The average molecular weight is 292 g/mol. The van der Waals surface area contributed by atoms with Crippen molar-refractivity contribution < 1.29 is 4.39 Å². The molecule has 0 radical (unpaired) electrons. The van der Waals surface area contributed by atoms with Gasteiger partial charge in [-0.05, 0) is 43.7 Å². The number of benzene rings is 2. The topological polar surface area (TPSA) is 12.0 Å². The molecule has 0 aromatic heterocycles. The molecule has 0 saturated carbocycles. The first kappa shape index (κ1) is 15.0. The summed E-state index contributed by atoms with van der Waals surface area (Å²) in [6.45, 7) is 2.93. The van der Waals surface area contributed by atoms with Crippen molar-refractivity contribution in [3.63, 3.8) is 0 Å². The highest BCUT2D eigenvalue weighted by molar-refractivity contribution is 6.31. The van der Waals surface area contributed by atoms with Crippen LogP contribution in [0.4, 0.5) is 4.39 Å². The van der Waals surface area contributed by atoms with Crippen molar-refractivity contribution >= 4 is 11.6 Å². The third-order valence-corrected chi connectivity index (χ3v) is 3.83. The molecule has 1 atom stereocenters. The second-order valence-corrected chi connectivity index (χ2v) is 5.51. The second-order valence-electron chi connectivity index (χ2n) is 5.11. The van der Waals surface area contributed by atoms with Gasteiger partial charge in [0.05, 0.1) is 0 Å². The fourth-order valence-electron chi connectivity index (χ4n) is 2.35. The Kier molecular flexibility index (Phi) is 5.16. The highest BCUT2D eigenvalue weighted by Gasteiger charge is 2.13. The molecule has 3 heteroatoms. The quantitative estimate of drug-likeness (QED) is 0.864. The van der Waals surface area contributed by atoms with Crippen LogP contribution in [0.25, 0.3) is 0 Å². The highest BCUT2D eigenvalue weighted by Crippen LogP contribution is 2.26. The normalized spacial score (nSPS) is 12.4. The maximum atomic E-state index is 13.1. The van der Waals surface area contributed by atoms with Crippen molar-refractivity contribution in [2.24, 2.45) is 0 Å². The molecule has 0 amide bonds. The maximum absolute atomic E-state index is 13.1. The lowest BCUT2D eigenvalue weighted by atomic mass is 9.91. The molecule has 0 aliphatic carbocycles. The number of likely N-dealkylation sites (N-methyl/N-ethyl adjacent to an activating group) is 1. The number of hydrogen-bond acceptors (Lipinski definition) is 1. The Hall–Kier alpha value is -1.38. The molecule has 0 spiro atoms. The Balaban J connectivity index is 2.22. The van der Waals surface area contributed by atoms with Crippen LogP contribution in [0.3, 0.4) is 0 Å². The van der Waals surface area contributed by atoms with Gasteiger partial charge in [-0.3, -0.25) is 0 Å². The van der Waals surface area contributed by atoms with Crippen molar-refractivity contribution in [3.05, 3.63) is 70.0 Å². The van der Waals surface area contributed by atoms with Crippen molar-refractivity contribution in [1.29, 1.82) is 0 Å². The van der Waals surface area contributed by atoms with E-state index < -0.39 is 0 Å². The third kappa shape index (κ3) is 3.81. The summed E-state index contributed by atoms with van der Waals surface area (Å²) in [6.07, 6.45) is 0.795. The summed E-state index contributed by atoms with van der Waals surface area (Å²) in [5, 5.41) is 3.71. The van der Waals surface area contributed by atoms with Gasteiger partial charge < -0.3 is 5.32 Å². The molecule has 0 heterocycles. The number of hydrogen-bond donors (Lipinski definition) is 1. The van der Waals surface area contributed by atoms with Crippen LogP contribution in [0.15, 0.2) is 42.5 Å². The Labute approximate surface area is 124 Å². The summed E-state index contributed by atoms with van der Waals surface area (Å²) < 4.78 is 13.1. The summed E-state index contributed by atoms with van der Waals surface area (Å²) in [5.41, 5.74) is 3.50. The van der Waals surface area contributed by atoms with Crippen molar-refractivity contribution in [3.8, 4) is 0 Å². The van der Waals surface area contributed by atoms with E-state index in [1.54, 1.807) is 6.07 Å². The minimum absolute atomic E-state index is 0.292. The van der Waals surface area contributed by atoms with Crippen LogP contribution >= 0.6 is 11.6 Å². The molecule has 1 N–H and O–H groups in total. The number of nitrogens with one attached hydrogen (secondary N) is 1. The summed E-state index contributed by atoms with van der Waals surface area (Å²) in [4.78, 5) is 0. The average Bonchev–Trinajstić information content (AvgIpc) is 2.42. The lowest BCUT2D eigenvalue weighted by molar-refractivity contribution is 0.615. The molecule has 0 fully saturated rings. The minimum atomic E-state index is -0.292. The van der Waals surface area contributed by atoms with E-state index in [1.165, 1.54) is 23.3 Å². The van der Waals surface area contributed by atoms with Gasteiger partial charge >= 0.3 is 0 Å². The van der Waals surface area contributed by atoms with E-state index in [1.807, 2.05) is 7.05 Å². The van der Waals surface area contributed by atoms with Gasteiger partial charge in [-0.25, -0.2) is 4.39 Å². The second kappa shape index (κ2) is 6.87. The molecule has 106 valence electrons. The lowest BCUT2D eigenvalue weighted by Gasteiger charge is -2.18. The molecular formula is C17H19ClFN. The zero-order valence-electron chi connectivity index (χ0n) is 11.8. The lowest BCUT2D eigenvalue weighted by Crippen LogP contribution is -2.19. The molecule has 2 aromatic rings. The van der Waals surface area contributed by atoms with Crippen LogP contribution < -0.4 is 5.32 Å². The SMILES string of the molecule is CNCC(Cc1ccc(F)cc1Cl)c1ccc(C)cc1. The molecule has 0 saturated heterocycles. The van der Waals surface area contributed by atoms with E-state index in [9.17, 15) is 4.39 Å². The summed E-state index contributed by atoms with van der Waals surface area (Å²) in [5.74, 6) is 0.0304. The molecule has 20 heavy (non-hydrogen) atoms. The van der Waals surface area contributed by atoms with E-state index >= 15 is 0 Å². The van der Waals surface area contributed by atoms with Gasteiger partial charge in [0.1, 0.15) is 5.82 Å². The molecule has 1 nitrogen and oxygen atoms in total. The zero-order valence-corrected chi connectivity index (χ0v) is 12.5. The molecule has 0 bridgehead atoms. The Bertz CT molecular complexity index is 566. The highest BCUT2D eigenvalue weighted by atomic mass is 35.5. The van der Waals surface area contributed by atoms with Crippen LogP contribution in [0, 0.1) is 12.7 Å². The molecule has 0 aliphatic heterocycles. The molecule has 2 aromatic carbocycles. The zero-order chi connectivity index (χ0) is 14.5. The maximum Gasteiger partial charge on any atom is 0.124 e. The molecule has 0 aliphatic rings. The summed E-state index contributed by atoms with van der Waals surface area (Å²) in [6, 6.07) is 13.1. The van der Waals surface area contributed by atoms with E-state index in [0.29, 0.717) is 10.9 Å². The molecular weight excluding hydrogens is 273 g/mol. The van der Waals surface area contributed by atoms with Crippen LogP contribution in [0.2, 0.25) is 5.02 Å². The van der Waals surface area contributed by atoms with Crippen molar-refractivity contribution in [1.82, 2.24) is 5.32 Å². The predicted molar refractivity (Wildman–Crippen MR) is 83.0 cm³/mol. The van der Waals surface area contributed by atoms with Gasteiger partial charge in [0.2, 0.25) is 0 Å². The fraction of sp³-hybridized carbons (Fsp3) is 0.294. The molecule has 2 rings (SSSR count). The molecule has 1 unspecified atom stereocenters. The van der Waals surface area contributed by atoms with Crippen molar-refractivity contribution in [2.75, 3.05) is 13.6 Å². The van der Waals surface area contributed by atoms with Crippen LogP contribution in [0.5, 0.6) is 0 Å². The summed E-state index contributed by atoms with van der Waals surface area (Å²) in [7, 11) is 1.94. The third-order valence-electron chi connectivity index (χ3n) is 3.48. The smallest absolute Gasteiger partial charge is 0.124 e.